The number of ether oxygens (including phenoxy) is 2. The Morgan fingerprint density at radius 3 is 1.10 bits per heavy atom. The van der Waals surface area contributed by atoms with Gasteiger partial charge in [0.2, 0.25) is 0 Å². The van der Waals surface area contributed by atoms with Crippen LogP contribution in [0.5, 0.6) is 0 Å². The lowest BCUT2D eigenvalue weighted by molar-refractivity contribution is -0.161. The summed E-state index contributed by atoms with van der Waals surface area (Å²) in [6.07, 6.45) is 0. The molecule has 0 aliphatic heterocycles. The van der Waals surface area contributed by atoms with Gasteiger partial charge in [-0.2, -0.15) is 0 Å². The van der Waals surface area contributed by atoms with Crippen LogP contribution in [0, 0.1) is 0 Å². The maximum absolute atomic E-state index is 10.6. The standard InChI is InChI=1S/2C6H12O3.CH2O/c2*1-4-9-5(7)6(2,3)8;1-2/h2*8H,4H2,1-3H3;1H2. The molecule has 0 amide bonds. The maximum atomic E-state index is 10.6. The fraction of sp³-hybridized carbons (Fsp3) is 0.769. The molecule has 0 saturated heterocycles. The number of esters is 2. The summed E-state index contributed by atoms with van der Waals surface area (Å²) in [4.78, 5) is 29.2. The maximum Gasteiger partial charge on any atom is 0.337 e. The van der Waals surface area contributed by atoms with Crippen molar-refractivity contribution in [3.05, 3.63) is 0 Å². The highest BCUT2D eigenvalue weighted by Crippen LogP contribution is 2.03. The van der Waals surface area contributed by atoms with Gasteiger partial charge in [0.05, 0.1) is 13.2 Å². The first-order chi connectivity index (χ1) is 8.96. The average Bonchev–Trinajstić information content (AvgIpc) is 2.31. The largest absolute Gasteiger partial charge is 0.464 e. The van der Waals surface area contributed by atoms with E-state index in [9.17, 15) is 9.59 Å². The molecule has 20 heavy (non-hydrogen) atoms. The minimum Gasteiger partial charge on any atom is -0.464 e. The van der Waals surface area contributed by atoms with E-state index in [1.54, 1.807) is 13.8 Å². The summed E-state index contributed by atoms with van der Waals surface area (Å²) in [7, 11) is 0. The van der Waals surface area contributed by atoms with Crippen molar-refractivity contribution in [1.29, 1.82) is 0 Å². The van der Waals surface area contributed by atoms with Crippen molar-refractivity contribution < 1.29 is 34.1 Å². The van der Waals surface area contributed by atoms with Crippen molar-refractivity contribution in [2.45, 2.75) is 52.7 Å². The lowest BCUT2D eigenvalue weighted by atomic mass is 10.1. The monoisotopic (exact) mass is 294 g/mol. The van der Waals surface area contributed by atoms with E-state index < -0.39 is 23.1 Å². The molecule has 0 rings (SSSR count). The van der Waals surface area contributed by atoms with E-state index in [1.807, 2.05) is 6.79 Å². The molecule has 0 aliphatic carbocycles. The fourth-order valence-electron chi connectivity index (χ4n) is 0.615. The zero-order valence-electron chi connectivity index (χ0n) is 13.1. The van der Waals surface area contributed by atoms with Crippen LogP contribution >= 0.6 is 0 Å². The van der Waals surface area contributed by atoms with Crippen LogP contribution in [0.4, 0.5) is 0 Å². The van der Waals surface area contributed by atoms with Crippen molar-refractivity contribution in [3.63, 3.8) is 0 Å². The van der Waals surface area contributed by atoms with Crippen LogP contribution in [0.25, 0.3) is 0 Å². The zero-order valence-corrected chi connectivity index (χ0v) is 13.1. The highest BCUT2D eigenvalue weighted by Gasteiger charge is 2.25. The quantitative estimate of drug-likeness (QED) is 0.724. The van der Waals surface area contributed by atoms with E-state index in [-0.39, 0.29) is 0 Å². The molecule has 0 heterocycles. The topological polar surface area (TPSA) is 110 Å². The third-order valence-electron chi connectivity index (χ3n) is 1.55. The number of carbonyl (C=O) groups excluding carboxylic acids is 3. The van der Waals surface area contributed by atoms with Gasteiger partial charge in [-0.1, -0.05) is 0 Å². The molecule has 120 valence electrons. The first-order valence-electron chi connectivity index (χ1n) is 6.04. The van der Waals surface area contributed by atoms with Gasteiger partial charge in [0.25, 0.3) is 0 Å². The second kappa shape index (κ2) is 11.4. The average molecular weight is 294 g/mol. The molecular weight excluding hydrogens is 268 g/mol. The molecule has 7 nitrogen and oxygen atoms in total. The van der Waals surface area contributed by atoms with Crippen molar-refractivity contribution in [3.8, 4) is 0 Å². The first kappa shape index (κ1) is 23.6. The molecule has 0 bridgehead atoms. The van der Waals surface area contributed by atoms with Gasteiger partial charge >= 0.3 is 11.9 Å². The Morgan fingerprint density at radius 2 is 1.05 bits per heavy atom. The SMILES string of the molecule is C=O.CCOC(=O)C(C)(C)O.CCOC(=O)C(C)(C)O. The second-order valence-corrected chi connectivity index (χ2v) is 4.56. The van der Waals surface area contributed by atoms with Crippen LogP contribution in [0.2, 0.25) is 0 Å². The van der Waals surface area contributed by atoms with Crippen LogP contribution in [0.15, 0.2) is 0 Å². The lowest BCUT2D eigenvalue weighted by Crippen LogP contribution is -2.32. The van der Waals surface area contributed by atoms with Gasteiger partial charge in [-0.3, -0.25) is 0 Å². The van der Waals surface area contributed by atoms with Crippen molar-refractivity contribution in [2.75, 3.05) is 13.2 Å². The molecule has 0 aromatic rings. The second-order valence-electron chi connectivity index (χ2n) is 4.56. The molecule has 0 atom stereocenters. The van der Waals surface area contributed by atoms with Crippen LogP contribution < -0.4 is 0 Å². The van der Waals surface area contributed by atoms with E-state index in [0.717, 1.165) is 0 Å². The number of aliphatic hydroxyl groups is 2. The molecule has 0 radical (unpaired) electrons. The summed E-state index contributed by atoms with van der Waals surface area (Å²) in [5.41, 5.74) is -2.70. The fourth-order valence-corrected chi connectivity index (χ4v) is 0.615. The summed E-state index contributed by atoms with van der Waals surface area (Å²) in [6, 6.07) is 0. The molecule has 0 spiro atoms. The van der Waals surface area contributed by atoms with E-state index in [4.69, 9.17) is 15.0 Å². The highest BCUT2D eigenvalue weighted by molar-refractivity contribution is 5.78. The minimum absolute atomic E-state index is 0.308. The Balaban J connectivity index is -0.000000257. The molecule has 0 unspecified atom stereocenters. The van der Waals surface area contributed by atoms with Crippen molar-refractivity contribution in [1.82, 2.24) is 0 Å². The van der Waals surface area contributed by atoms with Gasteiger partial charge in [0.1, 0.15) is 6.79 Å². The number of rotatable bonds is 4. The Kier molecular flexibility index (Phi) is 13.4. The number of hydrogen-bond acceptors (Lipinski definition) is 7. The van der Waals surface area contributed by atoms with Gasteiger partial charge in [0.15, 0.2) is 11.2 Å². The highest BCUT2D eigenvalue weighted by atomic mass is 16.6. The Morgan fingerprint density at radius 1 is 0.850 bits per heavy atom. The molecule has 0 aromatic heterocycles. The minimum atomic E-state index is -1.35. The lowest BCUT2D eigenvalue weighted by Gasteiger charge is -2.13. The normalized spacial score (nSPS) is 10.2. The van der Waals surface area contributed by atoms with Crippen molar-refractivity contribution in [2.24, 2.45) is 0 Å². The zero-order chi connectivity index (χ0) is 17.0. The third-order valence-corrected chi connectivity index (χ3v) is 1.55. The van der Waals surface area contributed by atoms with Gasteiger partial charge in [-0.25, -0.2) is 9.59 Å². The van der Waals surface area contributed by atoms with Gasteiger partial charge in [-0.15, -0.1) is 0 Å². The van der Waals surface area contributed by atoms with Gasteiger partial charge in [0, 0.05) is 0 Å². The number of hydrogen-bond donors (Lipinski definition) is 2. The Bertz CT molecular complexity index is 245. The molecule has 2 N–H and O–H groups in total. The smallest absolute Gasteiger partial charge is 0.337 e. The van der Waals surface area contributed by atoms with Crippen LogP contribution in [0.3, 0.4) is 0 Å². The summed E-state index contributed by atoms with van der Waals surface area (Å²) in [5, 5.41) is 17.9. The summed E-state index contributed by atoms with van der Waals surface area (Å²) in [6.45, 7) is 11.6. The Hall–Kier alpha value is -1.47. The van der Waals surface area contributed by atoms with Gasteiger partial charge in [-0.05, 0) is 41.5 Å². The summed E-state index contributed by atoms with van der Waals surface area (Å²) >= 11 is 0. The summed E-state index contributed by atoms with van der Waals surface area (Å²) < 4.78 is 9.03. The summed E-state index contributed by atoms with van der Waals surface area (Å²) in [5.74, 6) is -1.16. The molecule has 0 fully saturated rings. The number of carbonyl (C=O) groups is 3. The van der Waals surface area contributed by atoms with Crippen molar-refractivity contribution >= 4 is 18.7 Å². The van der Waals surface area contributed by atoms with Crippen LogP contribution in [-0.4, -0.2) is 53.4 Å². The van der Waals surface area contributed by atoms with Crippen LogP contribution in [0.1, 0.15) is 41.5 Å². The van der Waals surface area contributed by atoms with Gasteiger partial charge < -0.3 is 24.5 Å². The molecule has 7 heteroatoms. The van der Waals surface area contributed by atoms with E-state index in [1.165, 1.54) is 27.7 Å². The molecular formula is C13H26O7. The predicted molar refractivity (Wildman–Crippen MR) is 73.0 cm³/mol. The molecule has 0 saturated carbocycles. The molecule has 0 aromatic carbocycles. The third kappa shape index (κ3) is 14.6. The van der Waals surface area contributed by atoms with E-state index >= 15 is 0 Å². The van der Waals surface area contributed by atoms with E-state index in [2.05, 4.69) is 9.47 Å². The van der Waals surface area contributed by atoms with Crippen LogP contribution in [-0.2, 0) is 23.9 Å². The Labute approximate surface area is 119 Å². The van der Waals surface area contributed by atoms with E-state index in [0.29, 0.717) is 13.2 Å². The molecule has 0 aliphatic rings. The predicted octanol–water partition coefficient (Wildman–Crippen LogP) is 0.456. The first-order valence-corrected chi connectivity index (χ1v) is 6.04.